The third-order valence-electron chi connectivity index (χ3n) is 5.18. The quantitative estimate of drug-likeness (QED) is 0.621. The van der Waals surface area contributed by atoms with E-state index in [4.69, 9.17) is 4.84 Å². The van der Waals surface area contributed by atoms with Crippen molar-refractivity contribution in [1.82, 2.24) is 5.43 Å². The number of rotatable bonds is 9. The molecule has 0 saturated heterocycles. The average Bonchev–Trinajstić information content (AvgIpc) is 3.28. The van der Waals surface area contributed by atoms with Gasteiger partial charge in [-0.3, -0.25) is 0 Å². The van der Waals surface area contributed by atoms with E-state index in [1.807, 2.05) is 0 Å². The van der Waals surface area contributed by atoms with Crippen molar-refractivity contribution < 1.29 is 4.84 Å². The van der Waals surface area contributed by atoms with Gasteiger partial charge in [-0.05, 0) is 25.3 Å². The first kappa shape index (κ1) is 18.0. The molecule has 2 unspecified atom stereocenters. The summed E-state index contributed by atoms with van der Waals surface area (Å²) in [6, 6.07) is 8.93. The maximum Gasteiger partial charge on any atom is 0.133 e. The number of oxime groups is 1. The first-order chi connectivity index (χ1) is 12.3. The van der Waals surface area contributed by atoms with Crippen LogP contribution in [0.1, 0.15) is 81.9 Å². The van der Waals surface area contributed by atoms with Crippen LogP contribution in [0.2, 0.25) is 0 Å². The van der Waals surface area contributed by atoms with Gasteiger partial charge in [0, 0.05) is 12.8 Å². The zero-order valence-corrected chi connectivity index (χ0v) is 15.6. The molecule has 2 heterocycles. The molecule has 0 amide bonds. The largest absolute Gasteiger partial charge is 0.392 e. The van der Waals surface area contributed by atoms with E-state index in [-0.39, 0.29) is 12.1 Å². The Balaban J connectivity index is 1.38. The van der Waals surface area contributed by atoms with Crippen molar-refractivity contribution in [2.75, 3.05) is 0 Å². The normalized spacial score (nSPS) is 22.3. The highest BCUT2D eigenvalue weighted by atomic mass is 16.6. The van der Waals surface area contributed by atoms with E-state index in [0.29, 0.717) is 0 Å². The molecule has 0 fully saturated rings. The summed E-state index contributed by atoms with van der Waals surface area (Å²) in [5.41, 5.74) is 7.93. The lowest BCUT2D eigenvalue weighted by Gasteiger charge is -2.10. The van der Waals surface area contributed by atoms with Gasteiger partial charge in [-0.15, -0.1) is 0 Å². The van der Waals surface area contributed by atoms with Crippen LogP contribution < -0.4 is 5.43 Å². The molecule has 1 aromatic carbocycles. The first-order valence-corrected chi connectivity index (χ1v) is 9.88. The summed E-state index contributed by atoms with van der Waals surface area (Å²) in [5, 5.41) is 8.83. The molecule has 3 rings (SSSR count). The molecule has 2 aliphatic rings. The Hall–Kier alpha value is -1.84. The fraction of sp³-hybridized carbons (Fsp3) is 0.619. The standard InChI is InChI=1S/C21H31N3O/c1-3-4-5-6-7-8-9-18-14-21(24-25-18)20-15-19(22-23-20)17-12-10-16(2)11-13-17/h10-13,18-19,22H,3-9,14-15H2,1-2H3. The SMILES string of the molecule is CCCCCCCCC1CC(C2=NNC(c3ccc(C)cc3)C2)=NO1. The van der Waals surface area contributed by atoms with Gasteiger partial charge in [0.15, 0.2) is 0 Å². The molecule has 0 aliphatic carbocycles. The zero-order chi connectivity index (χ0) is 17.5. The van der Waals surface area contributed by atoms with Crippen molar-refractivity contribution in [3.63, 3.8) is 0 Å². The Kier molecular flexibility index (Phi) is 6.48. The number of hydrogen-bond donors (Lipinski definition) is 1. The first-order valence-electron chi connectivity index (χ1n) is 9.88. The Morgan fingerprint density at radius 3 is 2.56 bits per heavy atom. The van der Waals surface area contributed by atoms with E-state index in [0.717, 1.165) is 30.7 Å². The smallest absolute Gasteiger partial charge is 0.133 e. The predicted octanol–water partition coefficient (Wildman–Crippen LogP) is 5.28. The van der Waals surface area contributed by atoms with Gasteiger partial charge in [-0.1, -0.05) is 74.0 Å². The second-order valence-corrected chi connectivity index (χ2v) is 7.38. The van der Waals surface area contributed by atoms with Crippen molar-refractivity contribution in [3.05, 3.63) is 35.4 Å². The third kappa shape index (κ3) is 5.07. The Morgan fingerprint density at radius 2 is 1.76 bits per heavy atom. The molecule has 136 valence electrons. The minimum absolute atomic E-state index is 0.252. The van der Waals surface area contributed by atoms with E-state index in [2.05, 4.69) is 53.8 Å². The van der Waals surface area contributed by atoms with E-state index in [1.165, 1.54) is 49.7 Å². The van der Waals surface area contributed by atoms with Gasteiger partial charge in [0.25, 0.3) is 0 Å². The molecular weight excluding hydrogens is 310 g/mol. The van der Waals surface area contributed by atoms with Crippen LogP contribution in [-0.2, 0) is 4.84 Å². The number of nitrogens with one attached hydrogen (secondary N) is 1. The summed E-state index contributed by atoms with van der Waals surface area (Å²) in [4.78, 5) is 5.64. The second kappa shape index (κ2) is 9.02. The molecule has 0 saturated carbocycles. The number of benzene rings is 1. The highest BCUT2D eigenvalue weighted by Gasteiger charge is 2.29. The van der Waals surface area contributed by atoms with Crippen LogP contribution in [0.25, 0.3) is 0 Å². The molecule has 4 nitrogen and oxygen atoms in total. The Labute approximate surface area is 151 Å². The monoisotopic (exact) mass is 341 g/mol. The van der Waals surface area contributed by atoms with Crippen LogP contribution in [-0.4, -0.2) is 17.5 Å². The summed E-state index contributed by atoms with van der Waals surface area (Å²) in [6.45, 7) is 4.37. The summed E-state index contributed by atoms with van der Waals surface area (Å²) < 4.78 is 0. The number of unbranched alkanes of at least 4 members (excludes halogenated alkanes) is 5. The van der Waals surface area contributed by atoms with Crippen LogP contribution in [0.3, 0.4) is 0 Å². The fourth-order valence-corrected chi connectivity index (χ4v) is 3.52. The van der Waals surface area contributed by atoms with Crippen molar-refractivity contribution in [3.8, 4) is 0 Å². The number of nitrogens with zero attached hydrogens (tertiary/aromatic N) is 2. The summed E-state index contributed by atoms with van der Waals surface area (Å²) in [7, 11) is 0. The van der Waals surface area contributed by atoms with Crippen molar-refractivity contribution in [1.29, 1.82) is 0 Å². The van der Waals surface area contributed by atoms with Crippen LogP contribution in [0.15, 0.2) is 34.5 Å². The van der Waals surface area contributed by atoms with Gasteiger partial charge in [-0.2, -0.15) is 5.10 Å². The minimum Gasteiger partial charge on any atom is -0.392 e. The molecule has 1 N–H and O–H groups in total. The molecule has 25 heavy (non-hydrogen) atoms. The molecule has 2 atom stereocenters. The maximum absolute atomic E-state index is 5.64. The van der Waals surface area contributed by atoms with E-state index < -0.39 is 0 Å². The summed E-state index contributed by atoms with van der Waals surface area (Å²) in [6.07, 6.45) is 11.1. The zero-order valence-electron chi connectivity index (χ0n) is 15.6. The third-order valence-corrected chi connectivity index (χ3v) is 5.18. The number of hydrogen-bond acceptors (Lipinski definition) is 4. The Bertz CT molecular complexity index is 606. The van der Waals surface area contributed by atoms with Crippen LogP contribution >= 0.6 is 0 Å². The van der Waals surface area contributed by atoms with Gasteiger partial charge in [-0.25, -0.2) is 0 Å². The van der Waals surface area contributed by atoms with Gasteiger partial charge in [0.1, 0.15) is 11.8 Å². The topological polar surface area (TPSA) is 46.0 Å². The average molecular weight is 341 g/mol. The summed E-state index contributed by atoms with van der Waals surface area (Å²) >= 11 is 0. The van der Waals surface area contributed by atoms with Gasteiger partial charge in [0.2, 0.25) is 0 Å². The van der Waals surface area contributed by atoms with Crippen molar-refractivity contribution in [2.45, 2.75) is 83.8 Å². The highest BCUT2D eigenvalue weighted by Crippen LogP contribution is 2.26. The van der Waals surface area contributed by atoms with Gasteiger partial charge >= 0.3 is 0 Å². The molecule has 4 heteroatoms. The molecular formula is C21H31N3O. The van der Waals surface area contributed by atoms with Crippen molar-refractivity contribution in [2.24, 2.45) is 10.3 Å². The van der Waals surface area contributed by atoms with Crippen molar-refractivity contribution >= 4 is 11.4 Å². The fourth-order valence-electron chi connectivity index (χ4n) is 3.52. The Morgan fingerprint density at radius 1 is 1.00 bits per heavy atom. The molecule has 0 radical (unpaired) electrons. The minimum atomic E-state index is 0.252. The lowest BCUT2D eigenvalue weighted by atomic mass is 9.97. The lowest BCUT2D eigenvalue weighted by Crippen LogP contribution is -2.15. The number of hydrazone groups is 1. The highest BCUT2D eigenvalue weighted by molar-refractivity contribution is 6.43. The predicted molar refractivity (Wildman–Crippen MR) is 104 cm³/mol. The van der Waals surface area contributed by atoms with Gasteiger partial charge in [0.05, 0.1) is 11.8 Å². The molecule has 0 aromatic heterocycles. The van der Waals surface area contributed by atoms with E-state index >= 15 is 0 Å². The summed E-state index contributed by atoms with van der Waals surface area (Å²) in [5.74, 6) is 0. The molecule has 2 aliphatic heterocycles. The van der Waals surface area contributed by atoms with E-state index in [9.17, 15) is 0 Å². The van der Waals surface area contributed by atoms with Crippen LogP contribution in [0, 0.1) is 6.92 Å². The maximum atomic E-state index is 5.64. The van der Waals surface area contributed by atoms with E-state index in [1.54, 1.807) is 0 Å². The number of aryl methyl sites for hydroxylation is 1. The molecule has 0 bridgehead atoms. The van der Waals surface area contributed by atoms with Gasteiger partial charge < -0.3 is 10.3 Å². The van der Waals surface area contributed by atoms with Crippen LogP contribution in [0.4, 0.5) is 0 Å². The second-order valence-electron chi connectivity index (χ2n) is 7.38. The lowest BCUT2D eigenvalue weighted by molar-refractivity contribution is 0.0770. The molecule has 1 aromatic rings. The molecule has 0 spiro atoms. The van der Waals surface area contributed by atoms with Crippen LogP contribution in [0.5, 0.6) is 0 Å².